The summed E-state index contributed by atoms with van der Waals surface area (Å²) in [6.07, 6.45) is 5.62. The van der Waals surface area contributed by atoms with Gasteiger partial charge in [-0.25, -0.2) is 0 Å². The van der Waals surface area contributed by atoms with Gasteiger partial charge in [-0.2, -0.15) is 0 Å². The topological polar surface area (TPSA) is 72.7 Å². The number of pyridine rings is 1. The zero-order chi connectivity index (χ0) is 23.5. The lowest BCUT2D eigenvalue weighted by Crippen LogP contribution is -2.30. The maximum atomic E-state index is 13.3. The first kappa shape index (κ1) is 22.3. The first-order valence-electron chi connectivity index (χ1n) is 11.6. The Balaban J connectivity index is 1.62. The van der Waals surface area contributed by atoms with Gasteiger partial charge in [0.05, 0.1) is 5.69 Å². The zero-order valence-corrected chi connectivity index (χ0v) is 20.1. The Hall–Kier alpha value is -3.45. The van der Waals surface area contributed by atoms with Crippen LogP contribution >= 0.6 is 11.8 Å². The van der Waals surface area contributed by atoms with Gasteiger partial charge >= 0.3 is 0 Å². The number of hydrogen-bond donors (Lipinski definition) is 1. The Morgan fingerprint density at radius 2 is 1.76 bits per heavy atom. The maximum absolute atomic E-state index is 13.3. The standard InChI is InChI=1S/C27H27N5OS/c1-18(2)22-12-6-7-13-23(22)32-25(20-11-8-16-28-17-20)30-31-27(32)34-24(19-9-4-3-5-10-19)26(33)29-21-14-15-21/h3-13,16-18,21,24H,14-15H2,1-2H3,(H,29,33). The van der Waals surface area contributed by atoms with Gasteiger partial charge in [-0.05, 0) is 48.1 Å². The fourth-order valence-electron chi connectivity index (χ4n) is 3.94. The number of carbonyl (C=O) groups excluding carboxylic acids is 1. The third-order valence-corrected chi connectivity index (χ3v) is 7.04. The number of thioether (sulfide) groups is 1. The summed E-state index contributed by atoms with van der Waals surface area (Å²) in [6, 6.07) is 22.3. The van der Waals surface area contributed by atoms with E-state index in [1.54, 1.807) is 12.4 Å². The van der Waals surface area contributed by atoms with Crippen LogP contribution in [0.5, 0.6) is 0 Å². The average molecular weight is 470 g/mol. The Morgan fingerprint density at radius 1 is 1.00 bits per heavy atom. The predicted octanol–water partition coefficient (Wildman–Crippen LogP) is 5.56. The number of para-hydroxylation sites is 1. The molecule has 0 saturated heterocycles. The summed E-state index contributed by atoms with van der Waals surface area (Å²) >= 11 is 1.43. The molecule has 4 aromatic rings. The van der Waals surface area contributed by atoms with Crippen molar-refractivity contribution in [2.75, 3.05) is 0 Å². The number of nitrogens with zero attached hydrogens (tertiary/aromatic N) is 4. The number of hydrogen-bond acceptors (Lipinski definition) is 5. The van der Waals surface area contributed by atoms with Crippen LogP contribution in [0.4, 0.5) is 0 Å². The van der Waals surface area contributed by atoms with Crippen LogP contribution in [-0.2, 0) is 4.79 Å². The molecular formula is C27H27N5OS. The van der Waals surface area contributed by atoms with Crippen molar-refractivity contribution in [3.05, 3.63) is 90.3 Å². The van der Waals surface area contributed by atoms with E-state index in [0.29, 0.717) is 16.9 Å². The molecule has 1 unspecified atom stereocenters. The predicted molar refractivity (Wildman–Crippen MR) is 135 cm³/mol. The summed E-state index contributed by atoms with van der Waals surface area (Å²) in [5.74, 6) is 1.02. The molecule has 2 heterocycles. The van der Waals surface area contributed by atoms with Crippen LogP contribution in [0.2, 0.25) is 0 Å². The summed E-state index contributed by atoms with van der Waals surface area (Å²) in [7, 11) is 0. The van der Waals surface area contributed by atoms with Crippen LogP contribution in [0.15, 0.2) is 84.3 Å². The first-order valence-corrected chi connectivity index (χ1v) is 12.5. The van der Waals surface area contributed by atoms with Gasteiger partial charge in [0.1, 0.15) is 5.25 Å². The number of rotatable bonds is 8. The first-order chi connectivity index (χ1) is 16.6. The fraction of sp³-hybridized carbons (Fsp3) is 0.259. The van der Waals surface area contributed by atoms with Gasteiger partial charge in [0.2, 0.25) is 5.91 Å². The number of carbonyl (C=O) groups is 1. The second kappa shape index (κ2) is 9.81. The summed E-state index contributed by atoms with van der Waals surface area (Å²) in [5.41, 5.74) is 4.02. The number of benzene rings is 2. The monoisotopic (exact) mass is 469 g/mol. The molecule has 1 atom stereocenters. The third kappa shape index (κ3) is 4.75. The van der Waals surface area contributed by atoms with Gasteiger partial charge < -0.3 is 5.32 Å². The molecule has 6 nitrogen and oxygen atoms in total. The van der Waals surface area contributed by atoms with Crippen molar-refractivity contribution >= 4 is 17.7 Å². The molecule has 172 valence electrons. The molecule has 1 amide bonds. The molecule has 0 spiro atoms. The Bertz CT molecular complexity index is 1270. The van der Waals surface area contributed by atoms with Gasteiger partial charge in [0, 0.05) is 24.0 Å². The third-order valence-electron chi connectivity index (χ3n) is 5.84. The molecule has 1 aliphatic rings. The van der Waals surface area contributed by atoms with Crippen LogP contribution in [0.25, 0.3) is 17.1 Å². The molecular weight excluding hydrogens is 442 g/mol. The highest BCUT2D eigenvalue weighted by molar-refractivity contribution is 8.00. The largest absolute Gasteiger partial charge is 0.352 e. The molecule has 5 rings (SSSR count). The number of nitrogens with one attached hydrogen (secondary N) is 1. The van der Waals surface area contributed by atoms with Gasteiger partial charge in [-0.3, -0.25) is 14.3 Å². The summed E-state index contributed by atoms with van der Waals surface area (Å²) in [5, 5.41) is 12.6. The minimum absolute atomic E-state index is 0.00771. The number of amides is 1. The van der Waals surface area contributed by atoms with Crippen LogP contribution in [0, 0.1) is 0 Å². The summed E-state index contributed by atoms with van der Waals surface area (Å²) < 4.78 is 2.07. The molecule has 2 aromatic heterocycles. The number of aromatic nitrogens is 4. The van der Waals surface area contributed by atoms with Crippen molar-refractivity contribution in [1.29, 1.82) is 0 Å². The van der Waals surface area contributed by atoms with E-state index in [4.69, 9.17) is 0 Å². The minimum Gasteiger partial charge on any atom is -0.352 e. The molecule has 7 heteroatoms. The molecule has 0 radical (unpaired) electrons. The van der Waals surface area contributed by atoms with Crippen LogP contribution < -0.4 is 5.32 Å². The minimum atomic E-state index is -0.433. The normalized spacial score (nSPS) is 14.2. The Labute approximate surface area is 203 Å². The SMILES string of the molecule is CC(C)c1ccccc1-n1c(SC(C(=O)NC2CC2)c2ccccc2)nnc1-c1cccnc1. The van der Waals surface area contributed by atoms with E-state index >= 15 is 0 Å². The van der Waals surface area contributed by atoms with Gasteiger partial charge in [0.15, 0.2) is 11.0 Å². The second-order valence-electron chi connectivity index (χ2n) is 8.79. The van der Waals surface area contributed by atoms with E-state index < -0.39 is 5.25 Å². The van der Waals surface area contributed by atoms with E-state index in [9.17, 15) is 4.79 Å². The van der Waals surface area contributed by atoms with Gasteiger partial charge in [-0.15, -0.1) is 10.2 Å². The summed E-state index contributed by atoms with van der Waals surface area (Å²) in [6.45, 7) is 4.35. The molecule has 2 aromatic carbocycles. The highest BCUT2D eigenvalue weighted by Gasteiger charge is 2.31. The van der Waals surface area contributed by atoms with E-state index in [1.165, 1.54) is 17.3 Å². The van der Waals surface area contributed by atoms with Crippen LogP contribution in [-0.4, -0.2) is 31.7 Å². The molecule has 1 fully saturated rings. The molecule has 0 aliphatic heterocycles. The highest BCUT2D eigenvalue weighted by atomic mass is 32.2. The van der Waals surface area contributed by atoms with E-state index in [1.807, 2.05) is 48.5 Å². The zero-order valence-electron chi connectivity index (χ0n) is 19.3. The van der Waals surface area contributed by atoms with Gasteiger partial charge in [-0.1, -0.05) is 74.1 Å². The highest BCUT2D eigenvalue weighted by Crippen LogP contribution is 2.39. The quantitative estimate of drug-likeness (QED) is 0.342. The molecule has 1 aliphatic carbocycles. The van der Waals surface area contributed by atoms with Crippen molar-refractivity contribution in [3.63, 3.8) is 0 Å². The van der Waals surface area contributed by atoms with Crippen molar-refractivity contribution in [2.45, 2.75) is 49.1 Å². The van der Waals surface area contributed by atoms with E-state index in [0.717, 1.165) is 29.7 Å². The van der Waals surface area contributed by atoms with Crippen molar-refractivity contribution in [3.8, 4) is 17.1 Å². The van der Waals surface area contributed by atoms with Gasteiger partial charge in [0.25, 0.3) is 0 Å². The van der Waals surface area contributed by atoms with E-state index in [2.05, 4.69) is 57.1 Å². The molecule has 34 heavy (non-hydrogen) atoms. The van der Waals surface area contributed by atoms with Crippen molar-refractivity contribution < 1.29 is 4.79 Å². The lowest BCUT2D eigenvalue weighted by molar-refractivity contribution is -0.120. The molecule has 1 saturated carbocycles. The van der Waals surface area contributed by atoms with E-state index in [-0.39, 0.29) is 11.9 Å². The lowest BCUT2D eigenvalue weighted by Gasteiger charge is -2.20. The average Bonchev–Trinajstić information content (AvgIpc) is 3.59. The Morgan fingerprint density at radius 3 is 2.47 bits per heavy atom. The van der Waals surface area contributed by atoms with Crippen LogP contribution in [0.1, 0.15) is 49.0 Å². The molecule has 1 N–H and O–H groups in total. The summed E-state index contributed by atoms with van der Waals surface area (Å²) in [4.78, 5) is 17.6. The van der Waals surface area contributed by atoms with Crippen molar-refractivity contribution in [1.82, 2.24) is 25.1 Å². The molecule has 0 bridgehead atoms. The fourth-order valence-corrected chi connectivity index (χ4v) is 4.99. The van der Waals surface area contributed by atoms with Crippen molar-refractivity contribution in [2.24, 2.45) is 0 Å². The van der Waals surface area contributed by atoms with Crippen LogP contribution in [0.3, 0.4) is 0 Å². The Kier molecular flexibility index (Phi) is 6.45. The second-order valence-corrected chi connectivity index (χ2v) is 9.86. The lowest BCUT2D eigenvalue weighted by atomic mass is 10.0. The smallest absolute Gasteiger partial charge is 0.238 e. The maximum Gasteiger partial charge on any atom is 0.238 e.